The van der Waals surface area contributed by atoms with Crippen LogP contribution in [0.15, 0.2) is 16.6 Å². The zero-order valence-electron chi connectivity index (χ0n) is 9.58. The largest absolute Gasteiger partial charge is 0.467 e. The first kappa shape index (κ1) is 11.6. The van der Waals surface area contributed by atoms with Crippen LogP contribution in [0.25, 0.3) is 0 Å². The van der Waals surface area contributed by atoms with Gasteiger partial charge in [0.1, 0.15) is 6.33 Å². The highest BCUT2D eigenvalue weighted by Crippen LogP contribution is 2.23. The maximum absolute atomic E-state index is 4.99. The maximum Gasteiger partial charge on any atom is 0.321 e. The Morgan fingerprint density at radius 2 is 2.18 bits per heavy atom. The molecule has 0 bridgehead atoms. The maximum atomic E-state index is 4.99. The molecule has 0 aliphatic heterocycles. The van der Waals surface area contributed by atoms with E-state index in [9.17, 15) is 0 Å². The van der Waals surface area contributed by atoms with Gasteiger partial charge in [-0.2, -0.15) is 15.0 Å². The summed E-state index contributed by atoms with van der Waals surface area (Å²) in [5, 5.41) is 11.7. The molecule has 2 rings (SSSR count). The predicted octanol–water partition coefficient (Wildman–Crippen LogP) is 0.202. The van der Waals surface area contributed by atoms with Crippen molar-refractivity contribution in [3.63, 3.8) is 0 Å². The number of rotatable bonds is 4. The van der Waals surface area contributed by atoms with E-state index in [1.165, 1.54) is 18.9 Å². The summed E-state index contributed by atoms with van der Waals surface area (Å²) in [6.45, 7) is 0. The smallest absolute Gasteiger partial charge is 0.321 e. The highest BCUT2D eigenvalue weighted by molar-refractivity contribution is 7.99. The molecule has 17 heavy (non-hydrogen) atoms. The fraction of sp³-hybridized carbons (Fsp3) is 0.375. The van der Waals surface area contributed by atoms with Crippen molar-refractivity contribution >= 4 is 17.7 Å². The van der Waals surface area contributed by atoms with Gasteiger partial charge in [-0.15, -0.1) is 10.2 Å². The van der Waals surface area contributed by atoms with Gasteiger partial charge in [0, 0.05) is 14.1 Å². The van der Waals surface area contributed by atoms with Gasteiger partial charge in [0.2, 0.25) is 11.1 Å². The van der Waals surface area contributed by atoms with Crippen LogP contribution in [-0.4, -0.2) is 43.9 Å². The second-order valence-electron chi connectivity index (χ2n) is 3.00. The third kappa shape index (κ3) is 2.61. The zero-order valence-corrected chi connectivity index (χ0v) is 10.4. The van der Waals surface area contributed by atoms with Crippen LogP contribution in [0.3, 0.4) is 0 Å². The first-order chi connectivity index (χ1) is 8.22. The molecule has 0 aliphatic carbocycles. The van der Waals surface area contributed by atoms with Crippen LogP contribution in [0.1, 0.15) is 0 Å². The third-order valence-corrected chi connectivity index (χ3v) is 2.77. The van der Waals surface area contributed by atoms with Crippen molar-refractivity contribution in [1.82, 2.24) is 29.7 Å². The molecule has 8 nitrogen and oxygen atoms in total. The molecule has 0 amide bonds. The van der Waals surface area contributed by atoms with Crippen LogP contribution in [-0.2, 0) is 7.05 Å². The average molecular weight is 253 g/mol. The fourth-order valence-electron chi connectivity index (χ4n) is 1.03. The zero-order chi connectivity index (χ0) is 12.3. The van der Waals surface area contributed by atoms with Gasteiger partial charge in [-0.3, -0.25) is 0 Å². The number of aromatic nitrogens is 6. The lowest BCUT2D eigenvalue weighted by molar-refractivity contribution is 0.373. The number of hydrogen-bond acceptors (Lipinski definition) is 8. The molecule has 0 aromatic carbocycles. The minimum Gasteiger partial charge on any atom is -0.467 e. The second-order valence-corrected chi connectivity index (χ2v) is 3.94. The van der Waals surface area contributed by atoms with Gasteiger partial charge in [0.25, 0.3) is 0 Å². The summed E-state index contributed by atoms with van der Waals surface area (Å²) < 4.78 is 6.77. The van der Waals surface area contributed by atoms with E-state index < -0.39 is 0 Å². The fourth-order valence-corrected chi connectivity index (χ4v) is 1.73. The van der Waals surface area contributed by atoms with E-state index in [1.54, 1.807) is 17.9 Å². The van der Waals surface area contributed by atoms with Gasteiger partial charge in [-0.05, 0) is 11.8 Å². The quantitative estimate of drug-likeness (QED) is 0.826. The molecular weight excluding hydrogens is 242 g/mol. The number of aryl methyl sites for hydroxylation is 1. The van der Waals surface area contributed by atoms with E-state index >= 15 is 0 Å². The molecule has 0 saturated heterocycles. The Hall–Kier alpha value is -1.90. The van der Waals surface area contributed by atoms with Gasteiger partial charge in [0.05, 0.1) is 7.11 Å². The van der Waals surface area contributed by atoms with Crippen molar-refractivity contribution in [3.05, 3.63) is 6.33 Å². The Balaban J connectivity index is 2.29. The summed E-state index contributed by atoms with van der Waals surface area (Å²) in [6, 6.07) is 0.258. The summed E-state index contributed by atoms with van der Waals surface area (Å²) in [4.78, 5) is 12.3. The molecule has 9 heteroatoms. The number of anilines is 1. The number of nitrogens with zero attached hydrogens (tertiary/aromatic N) is 6. The minimum atomic E-state index is 0.258. The summed E-state index contributed by atoms with van der Waals surface area (Å²) in [5.41, 5.74) is 0. The molecule has 2 aromatic rings. The van der Waals surface area contributed by atoms with Crippen molar-refractivity contribution in [1.29, 1.82) is 0 Å². The van der Waals surface area contributed by atoms with Crippen molar-refractivity contribution in [2.75, 3.05) is 19.5 Å². The summed E-state index contributed by atoms with van der Waals surface area (Å²) in [5.74, 6) is 0.446. The predicted molar refractivity (Wildman–Crippen MR) is 61.1 cm³/mol. The van der Waals surface area contributed by atoms with Crippen molar-refractivity contribution in [2.24, 2.45) is 7.05 Å². The monoisotopic (exact) mass is 253 g/mol. The molecule has 0 radical (unpaired) electrons. The van der Waals surface area contributed by atoms with E-state index in [4.69, 9.17) is 4.74 Å². The average Bonchev–Trinajstić information content (AvgIpc) is 2.74. The van der Waals surface area contributed by atoms with E-state index in [-0.39, 0.29) is 6.01 Å². The molecule has 0 fully saturated rings. The van der Waals surface area contributed by atoms with Gasteiger partial charge in [-0.1, -0.05) is 0 Å². The number of ether oxygens (including phenoxy) is 1. The van der Waals surface area contributed by atoms with Gasteiger partial charge < -0.3 is 14.6 Å². The van der Waals surface area contributed by atoms with Crippen LogP contribution >= 0.6 is 11.8 Å². The lowest BCUT2D eigenvalue weighted by atomic mass is 10.9. The number of methoxy groups -OCH3 is 1. The Kier molecular flexibility index (Phi) is 3.38. The third-order valence-electron chi connectivity index (χ3n) is 1.85. The van der Waals surface area contributed by atoms with Crippen LogP contribution in [0, 0.1) is 0 Å². The van der Waals surface area contributed by atoms with E-state index in [0.29, 0.717) is 16.3 Å². The van der Waals surface area contributed by atoms with Crippen molar-refractivity contribution < 1.29 is 4.74 Å². The summed E-state index contributed by atoms with van der Waals surface area (Å²) in [7, 11) is 5.08. The Morgan fingerprint density at radius 1 is 1.35 bits per heavy atom. The molecule has 0 unspecified atom stereocenters. The Morgan fingerprint density at radius 3 is 2.76 bits per heavy atom. The SMILES string of the molecule is CNc1nc(OC)nc(Sc2nncn2C)n1. The number of hydrogen-bond donors (Lipinski definition) is 1. The summed E-state index contributed by atoms with van der Waals surface area (Å²) in [6.07, 6.45) is 1.61. The molecule has 0 aliphatic rings. The van der Waals surface area contributed by atoms with E-state index in [0.717, 1.165) is 0 Å². The van der Waals surface area contributed by atoms with Crippen LogP contribution in [0.5, 0.6) is 6.01 Å². The molecule has 0 spiro atoms. The Bertz CT molecular complexity index is 492. The molecule has 2 heterocycles. The lowest BCUT2D eigenvalue weighted by Gasteiger charge is -2.04. The van der Waals surface area contributed by atoms with Gasteiger partial charge in [0.15, 0.2) is 5.16 Å². The van der Waals surface area contributed by atoms with Crippen molar-refractivity contribution in [3.8, 4) is 6.01 Å². The molecule has 90 valence electrons. The molecule has 0 saturated carbocycles. The minimum absolute atomic E-state index is 0.258. The topological polar surface area (TPSA) is 90.6 Å². The molecule has 0 atom stereocenters. The highest BCUT2D eigenvalue weighted by atomic mass is 32.2. The number of nitrogens with one attached hydrogen (secondary N) is 1. The van der Waals surface area contributed by atoms with Crippen LogP contribution < -0.4 is 10.1 Å². The normalized spacial score (nSPS) is 10.3. The molecule has 2 aromatic heterocycles. The first-order valence-electron chi connectivity index (χ1n) is 4.72. The molecular formula is C8H11N7OS. The highest BCUT2D eigenvalue weighted by Gasteiger charge is 2.10. The van der Waals surface area contributed by atoms with Crippen molar-refractivity contribution in [2.45, 2.75) is 10.3 Å². The standard InChI is InChI=1S/C8H11N7OS/c1-9-5-11-6(16-3)13-7(12-5)17-8-14-10-4-15(8)2/h4H,1-3H3,(H,9,11,12,13). The first-order valence-corrected chi connectivity index (χ1v) is 5.54. The van der Waals surface area contributed by atoms with E-state index in [1.807, 2.05) is 7.05 Å². The Labute approximate surface area is 102 Å². The second kappa shape index (κ2) is 4.95. The van der Waals surface area contributed by atoms with Crippen LogP contribution in [0.4, 0.5) is 5.95 Å². The van der Waals surface area contributed by atoms with E-state index in [2.05, 4.69) is 30.5 Å². The van der Waals surface area contributed by atoms with Gasteiger partial charge >= 0.3 is 6.01 Å². The van der Waals surface area contributed by atoms with Crippen LogP contribution in [0.2, 0.25) is 0 Å². The lowest BCUT2D eigenvalue weighted by Crippen LogP contribution is -2.03. The summed E-state index contributed by atoms with van der Waals surface area (Å²) >= 11 is 1.29. The molecule has 1 N–H and O–H groups in total. The van der Waals surface area contributed by atoms with Gasteiger partial charge in [-0.25, -0.2) is 0 Å².